The molecule has 0 saturated carbocycles. The third-order valence-electron chi connectivity index (χ3n) is 4.37. The fraction of sp³-hybridized carbons (Fsp3) is 0.286. The minimum atomic E-state index is -4.45. The molecule has 30 heavy (non-hydrogen) atoms. The molecule has 5 nitrogen and oxygen atoms in total. The molecular weight excluding hydrogens is 417 g/mol. The van der Waals surface area contributed by atoms with E-state index in [4.69, 9.17) is 17.3 Å². The van der Waals surface area contributed by atoms with Crippen molar-refractivity contribution < 1.29 is 18.0 Å². The lowest BCUT2D eigenvalue weighted by Gasteiger charge is -2.05. The second-order valence-corrected chi connectivity index (χ2v) is 7.03. The van der Waals surface area contributed by atoms with Crippen LogP contribution in [0.2, 0.25) is 5.02 Å². The summed E-state index contributed by atoms with van der Waals surface area (Å²) in [5.41, 5.74) is 8.26. The molecule has 1 aliphatic carbocycles. The number of hydrogen-bond donors (Lipinski definition) is 2. The molecule has 0 radical (unpaired) electrons. The van der Waals surface area contributed by atoms with E-state index in [2.05, 4.69) is 15.3 Å². The van der Waals surface area contributed by atoms with Crippen molar-refractivity contribution >= 4 is 29.4 Å². The topological polar surface area (TPSA) is 80.4 Å². The Bertz CT molecular complexity index is 971. The zero-order chi connectivity index (χ0) is 22.3. The van der Waals surface area contributed by atoms with Crippen LogP contribution in [0.4, 0.5) is 18.9 Å². The molecule has 0 aliphatic heterocycles. The van der Waals surface area contributed by atoms with E-state index in [1.807, 2.05) is 6.92 Å². The average molecular weight is 439 g/mol. The zero-order valence-electron chi connectivity index (χ0n) is 16.6. The monoisotopic (exact) mass is 438 g/mol. The second kappa shape index (κ2) is 10.2. The second-order valence-electron chi connectivity index (χ2n) is 6.60. The molecule has 160 valence electrons. The number of carbonyl (C=O) groups is 1. The molecule has 0 atom stereocenters. The van der Waals surface area contributed by atoms with Crippen molar-refractivity contribution in [2.45, 2.75) is 32.4 Å². The number of nitrogens with zero attached hydrogens (tertiary/aromatic N) is 2. The summed E-state index contributed by atoms with van der Waals surface area (Å²) >= 11 is 5.73. The van der Waals surface area contributed by atoms with E-state index in [1.165, 1.54) is 12.3 Å². The number of aromatic nitrogens is 1. The Labute approximate surface area is 177 Å². The van der Waals surface area contributed by atoms with E-state index in [9.17, 15) is 18.0 Å². The Morgan fingerprint density at radius 3 is 2.57 bits per heavy atom. The van der Waals surface area contributed by atoms with Gasteiger partial charge in [-0.2, -0.15) is 13.2 Å². The summed E-state index contributed by atoms with van der Waals surface area (Å²) in [6, 6.07) is 7.54. The molecule has 0 saturated heterocycles. The van der Waals surface area contributed by atoms with Gasteiger partial charge in [-0.3, -0.25) is 14.8 Å². The maximum Gasteiger partial charge on any atom is 0.433 e. The van der Waals surface area contributed by atoms with Crippen LogP contribution in [0.15, 0.2) is 52.8 Å². The van der Waals surface area contributed by atoms with E-state index >= 15 is 0 Å². The Morgan fingerprint density at radius 2 is 2.00 bits per heavy atom. The molecular formula is C21H22ClF3N4O. The van der Waals surface area contributed by atoms with Crippen LogP contribution < -0.4 is 11.1 Å². The van der Waals surface area contributed by atoms with Gasteiger partial charge in [0.05, 0.1) is 5.69 Å². The third kappa shape index (κ3) is 6.59. The van der Waals surface area contributed by atoms with Crippen LogP contribution in [0.25, 0.3) is 0 Å². The lowest BCUT2D eigenvalue weighted by atomic mass is 10.1. The molecule has 2 aromatic rings. The Balaban J connectivity index is 0.000000232. The van der Waals surface area contributed by atoms with E-state index < -0.39 is 11.9 Å². The molecule has 0 spiro atoms. The van der Waals surface area contributed by atoms with Crippen molar-refractivity contribution in [3.8, 4) is 0 Å². The molecule has 0 unspecified atom stereocenters. The lowest BCUT2D eigenvalue weighted by Crippen LogP contribution is -2.18. The summed E-state index contributed by atoms with van der Waals surface area (Å²) in [5.74, 6) is -0.0795. The molecule has 1 aromatic carbocycles. The van der Waals surface area contributed by atoms with E-state index in [0.717, 1.165) is 48.4 Å². The number of benzene rings is 1. The molecule has 9 heteroatoms. The predicted octanol–water partition coefficient (Wildman–Crippen LogP) is 5.21. The number of halogens is 4. The molecule has 1 heterocycles. The number of rotatable bonds is 3. The first-order valence-electron chi connectivity index (χ1n) is 9.15. The SMILES string of the molecule is CNC(=O)c1ccc(Cl)cc1C.NC1=C(C=Nc2ccnc(C(F)(F)F)c2)CCC1. The standard InChI is InChI=1S/C12H12F3N3.C9H10ClNO/c13-12(14,15)11-6-9(4-5-17-11)18-7-8-2-1-3-10(8)16;1-6-5-7(10)3-4-8(6)9(12)11-2/h4-7H,1-3,16H2;3-5H,1-2H3,(H,11,12). The van der Waals surface area contributed by atoms with Crippen molar-refractivity contribution in [1.82, 2.24) is 10.3 Å². The number of alkyl halides is 3. The molecule has 1 amide bonds. The van der Waals surface area contributed by atoms with Crippen molar-refractivity contribution in [2.75, 3.05) is 7.05 Å². The van der Waals surface area contributed by atoms with Crippen LogP contribution in [0.3, 0.4) is 0 Å². The molecule has 0 fully saturated rings. The number of nitrogens with one attached hydrogen (secondary N) is 1. The van der Waals surface area contributed by atoms with Crippen LogP contribution in [-0.4, -0.2) is 24.2 Å². The summed E-state index contributed by atoms with van der Waals surface area (Å²) < 4.78 is 37.3. The maximum absolute atomic E-state index is 12.4. The maximum atomic E-state index is 12.4. The summed E-state index contributed by atoms with van der Waals surface area (Å²) in [6.45, 7) is 1.86. The van der Waals surface area contributed by atoms with Crippen molar-refractivity contribution in [1.29, 1.82) is 0 Å². The third-order valence-corrected chi connectivity index (χ3v) is 4.60. The van der Waals surface area contributed by atoms with Gasteiger partial charge in [0, 0.05) is 35.7 Å². The van der Waals surface area contributed by atoms with Crippen LogP contribution >= 0.6 is 11.6 Å². The summed E-state index contributed by atoms with van der Waals surface area (Å²) in [7, 11) is 1.61. The number of aliphatic imine (C=N–C) groups is 1. The lowest BCUT2D eigenvalue weighted by molar-refractivity contribution is -0.141. The van der Waals surface area contributed by atoms with Gasteiger partial charge in [-0.1, -0.05) is 11.6 Å². The number of pyridine rings is 1. The van der Waals surface area contributed by atoms with Crippen molar-refractivity contribution in [3.63, 3.8) is 0 Å². The number of aryl methyl sites for hydroxylation is 1. The van der Waals surface area contributed by atoms with Gasteiger partial charge in [0.2, 0.25) is 0 Å². The van der Waals surface area contributed by atoms with E-state index in [-0.39, 0.29) is 11.6 Å². The Kier molecular flexibility index (Phi) is 8.00. The van der Waals surface area contributed by atoms with E-state index in [0.29, 0.717) is 10.6 Å². The quantitative estimate of drug-likeness (QED) is 0.646. The Hall–Kier alpha value is -2.87. The van der Waals surface area contributed by atoms with Gasteiger partial charge in [-0.15, -0.1) is 0 Å². The summed E-state index contributed by atoms with van der Waals surface area (Å²) in [5, 5.41) is 3.21. The van der Waals surface area contributed by atoms with Crippen LogP contribution in [0.1, 0.15) is 40.9 Å². The van der Waals surface area contributed by atoms with Gasteiger partial charge >= 0.3 is 6.18 Å². The first-order valence-corrected chi connectivity index (χ1v) is 9.52. The van der Waals surface area contributed by atoms with Gasteiger partial charge < -0.3 is 11.1 Å². The van der Waals surface area contributed by atoms with Gasteiger partial charge in [0.15, 0.2) is 0 Å². The average Bonchev–Trinajstić information content (AvgIpc) is 3.11. The highest BCUT2D eigenvalue weighted by molar-refractivity contribution is 6.30. The first-order chi connectivity index (χ1) is 14.1. The number of nitrogens with two attached hydrogens (primary N) is 1. The highest BCUT2D eigenvalue weighted by Gasteiger charge is 2.32. The first kappa shape index (κ1) is 23.4. The van der Waals surface area contributed by atoms with Gasteiger partial charge in [-0.25, -0.2) is 0 Å². The molecule has 1 aromatic heterocycles. The molecule has 0 bridgehead atoms. The highest BCUT2D eigenvalue weighted by Crippen LogP contribution is 2.29. The molecule has 3 N–H and O–H groups in total. The van der Waals surface area contributed by atoms with Crippen molar-refractivity contribution in [3.05, 3.63) is 69.6 Å². The normalized spacial score (nSPS) is 13.9. The van der Waals surface area contributed by atoms with Crippen LogP contribution in [-0.2, 0) is 6.18 Å². The number of amides is 1. The van der Waals surface area contributed by atoms with Gasteiger partial charge in [0.25, 0.3) is 5.91 Å². The fourth-order valence-electron chi connectivity index (χ4n) is 2.76. The smallest absolute Gasteiger partial charge is 0.402 e. The number of allylic oxidation sites excluding steroid dienone is 2. The molecule has 3 rings (SSSR count). The predicted molar refractivity (Wildman–Crippen MR) is 112 cm³/mol. The summed E-state index contributed by atoms with van der Waals surface area (Å²) in [6.07, 6.45) is 0.812. The van der Waals surface area contributed by atoms with E-state index in [1.54, 1.807) is 25.2 Å². The summed E-state index contributed by atoms with van der Waals surface area (Å²) in [4.78, 5) is 18.5. The fourth-order valence-corrected chi connectivity index (χ4v) is 2.99. The van der Waals surface area contributed by atoms with Gasteiger partial charge in [-0.05, 0) is 67.7 Å². The minimum absolute atomic E-state index is 0.0795. The minimum Gasteiger partial charge on any atom is -0.402 e. The number of hydrogen-bond acceptors (Lipinski definition) is 4. The Morgan fingerprint density at radius 1 is 1.27 bits per heavy atom. The number of carbonyl (C=O) groups excluding carboxylic acids is 1. The van der Waals surface area contributed by atoms with Gasteiger partial charge in [0.1, 0.15) is 5.69 Å². The highest BCUT2D eigenvalue weighted by atomic mass is 35.5. The van der Waals surface area contributed by atoms with Crippen LogP contribution in [0.5, 0.6) is 0 Å². The molecule has 1 aliphatic rings. The largest absolute Gasteiger partial charge is 0.433 e. The van der Waals surface area contributed by atoms with Crippen LogP contribution in [0, 0.1) is 6.92 Å². The van der Waals surface area contributed by atoms with Crippen molar-refractivity contribution in [2.24, 2.45) is 10.7 Å². The zero-order valence-corrected chi connectivity index (χ0v) is 17.3.